The third-order valence-corrected chi connectivity index (χ3v) is 2.36. The van der Waals surface area contributed by atoms with Gasteiger partial charge in [0, 0.05) is 0 Å². The lowest BCUT2D eigenvalue weighted by atomic mass is 10.2. The van der Waals surface area contributed by atoms with Crippen molar-refractivity contribution in [3.8, 4) is 0 Å². The number of H-pyrrole nitrogens is 2. The zero-order valence-corrected chi connectivity index (χ0v) is 9.27. The maximum absolute atomic E-state index is 5.82. The first-order chi connectivity index (χ1) is 8.16. The zero-order valence-electron chi connectivity index (χ0n) is 9.27. The minimum Gasteiger partial charge on any atom is -0.389 e. The number of nitrogens with one attached hydrogen (secondary N) is 2. The number of hydrogen-bond acceptors (Lipinski definition) is 3. The van der Waals surface area contributed by atoms with Crippen molar-refractivity contribution in [2.24, 2.45) is 0 Å². The summed E-state index contributed by atoms with van der Waals surface area (Å²) < 4.78 is 0. The fourth-order valence-corrected chi connectivity index (χ4v) is 1.48. The Hall–Kier alpha value is -2.56. The second kappa shape index (κ2) is 4.52. The molecule has 0 aliphatic rings. The van der Waals surface area contributed by atoms with Gasteiger partial charge in [-0.05, 0) is 11.6 Å². The van der Waals surface area contributed by atoms with E-state index in [0.29, 0.717) is 23.1 Å². The van der Waals surface area contributed by atoms with Crippen LogP contribution < -0.4 is 27.2 Å². The maximum Gasteiger partial charge on any atom is 0.439 e. The summed E-state index contributed by atoms with van der Waals surface area (Å²) in [6, 6.07) is 9.89. The Morgan fingerprint density at radius 3 is 2.29 bits per heavy atom. The highest BCUT2D eigenvalue weighted by Crippen LogP contribution is 2.13. The van der Waals surface area contributed by atoms with Gasteiger partial charge in [-0.2, -0.15) is 4.98 Å². The Morgan fingerprint density at radius 1 is 0.882 bits per heavy atom. The van der Waals surface area contributed by atoms with E-state index in [0.717, 1.165) is 5.56 Å². The summed E-state index contributed by atoms with van der Waals surface area (Å²) in [7, 11) is 0. The van der Waals surface area contributed by atoms with Crippen LogP contribution in [0.2, 0.25) is 0 Å². The third-order valence-electron chi connectivity index (χ3n) is 2.36. The fourth-order valence-electron chi connectivity index (χ4n) is 1.48. The zero-order chi connectivity index (χ0) is 12.3. The summed E-state index contributed by atoms with van der Waals surface area (Å²) in [5.41, 5.74) is 19.3. The summed E-state index contributed by atoms with van der Waals surface area (Å²) in [5, 5.41) is 0. The van der Waals surface area contributed by atoms with Crippen LogP contribution in [0.4, 0.5) is 17.5 Å². The topological polar surface area (TPSA) is 106 Å². The molecule has 1 aromatic heterocycles. The van der Waals surface area contributed by atoms with Crippen LogP contribution in [-0.4, -0.2) is 0 Å². The molecule has 0 aliphatic heterocycles. The van der Waals surface area contributed by atoms with E-state index >= 15 is 0 Å². The van der Waals surface area contributed by atoms with Gasteiger partial charge in [-0.3, -0.25) is 11.5 Å². The van der Waals surface area contributed by atoms with Crippen molar-refractivity contribution in [1.29, 1.82) is 0 Å². The van der Waals surface area contributed by atoms with E-state index in [4.69, 9.17) is 17.2 Å². The predicted octanol–water partition coefficient (Wildman–Crippen LogP) is 0.232. The number of hydrogen-bond donors (Lipinski definition) is 3. The number of aromatic amines is 2. The quantitative estimate of drug-likeness (QED) is 0.686. The summed E-state index contributed by atoms with van der Waals surface area (Å²) in [4.78, 5) is 5.64. The molecule has 1 aromatic carbocycles. The normalized spacial score (nSPS) is 10.8. The van der Waals surface area contributed by atoms with Gasteiger partial charge in [0.25, 0.3) is 0 Å². The smallest absolute Gasteiger partial charge is 0.389 e. The molecule has 2 aromatic rings. The van der Waals surface area contributed by atoms with Gasteiger partial charge in [0.1, 0.15) is 0 Å². The Labute approximate surface area is 99.0 Å². The van der Waals surface area contributed by atoms with Crippen LogP contribution in [0.3, 0.4) is 0 Å². The summed E-state index contributed by atoms with van der Waals surface area (Å²) in [6.45, 7) is 0. The molecule has 0 aliphatic carbocycles. The molecule has 0 spiro atoms. The van der Waals surface area contributed by atoms with Crippen molar-refractivity contribution in [3.63, 3.8) is 0 Å². The van der Waals surface area contributed by atoms with E-state index in [1.165, 1.54) is 0 Å². The van der Waals surface area contributed by atoms with Gasteiger partial charge >= 0.3 is 11.8 Å². The monoisotopic (exact) mass is 229 g/mol. The molecule has 5 heteroatoms. The van der Waals surface area contributed by atoms with Crippen molar-refractivity contribution >= 4 is 29.6 Å². The highest BCUT2D eigenvalue weighted by atomic mass is 15.1. The number of anilines is 3. The van der Waals surface area contributed by atoms with Gasteiger partial charge in [-0.1, -0.05) is 36.4 Å². The fraction of sp³-hybridized carbons (Fsp3) is 0. The summed E-state index contributed by atoms with van der Waals surface area (Å²) >= 11 is 0. The van der Waals surface area contributed by atoms with Crippen LogP contribution in [0.25, 0.3) is 12.2 Å². The average Bonchev–Trinajstić information content (AvgIpc) is 2.33. The molecule has 0 bridgehead atoms. The summed E-state index contributed by atoms with van der Waals surface area (Å²) in [6.07, 6.45) is 3.77. The minimum atomic E-state index is 0.356. The molecular formula is C12H15N5+2. The van der Waals surface area contributed by atoms with Crippen LogP contribution in [0.15, 0.2) is 30.3 Å². The van der Waals surface area contributed by atoms with E-state index in [-0.39, 0.29) is 0 Å². The molecule has 0 amide bonds. The maximum atomic E-state index is 5.82. The Morgan fingerprint density at radius 2 is 1.59 bits per heavy atom. The molecule has 2 rings (SSSR count). The van der Waals surface area contributed by atoms with E-state index in [2.05, 4.69) is 9.97 Å². The van der Waals surface area contributed by atoms with E-state index < -0.39 is 0 Å². The standard InChI is InChI=1S/C12H13N5/c13-10-9(16-12(15)17-11(10)14)7-6-8-4-2-1-3-5-8/h1-7H,13H2,(H4,14,15,16,17)/p+2/b7-6+. The van der Waals surface area contributed by atoms with Gasteiger partial charge in [0.15, 0.2) is 11.4 Å². The second-order valence-corrected chi connectivity index (χ2v) is 3.65. The van der Waals surface area contributed by atoms with Gasteiger partial charge in [-0.25, -0.2) is 4.98 Å². The van der Waals surface area contributed by atoms with E-state index in [9.17, 15) is 0 Å². The van der Waals surface area contributed by atoms with Crippen LogP contribution in [0, 0.1) is 0 Å². The van der Waals surface area contributed by atoms with Crippen molar-refractivity contribution < 1.29 is 9.97 Å². The van der Waals surface area contributed by atoms with Gasteiger partial charge in [0.2, 0.25) is 0 Å². The first kappa shape index (κ1) is 10.9. The minimum absolute atomic E-state index is 0.356. The molecule has 5 nitrogen and oxygen atoms in total. The summed E-state index contributed by atoms with van der Waals surface area (Å²) in [5.74, 6) is 0.721. The van der Waals surface area contributed by atoms with Crippen LogP contribution in [0.1, 0.15) is 11.3 Å². The molecule has 8 N–H and O–H groups in total. The molecule has 1 heterocycles. The van der Waals surface area contributed by atoms with E-state index in [1.807, 2.05) is 42.5 Å². The highest BCUT2D eigenvalue weighted by molar-refractivity contribution is 5.75. The van der Waals surface area contributed by atoms with E-state index in [1.54, 1.807) is 0 Å². The number of aromatic nitrogens is 2. The SMILES string of the molecule is Nc1[nH+]c(N)c(N)c(/C=C/c2ccccc2)[nH+]1. The number of rotatable bonds is 2. The first-order valence-corrected chi connectivity index (χ1v) is 5.19. The Balaban J connectivity index is 2.33. The first-order valence-electron chi connectivity index (χ1n) is 5.19. The molecule has 0 radical (unpaired) electrons. The van der Waals surface area contributed by atoms with Crippen LogP contribution in [-0.2, 0) is 0 Å². The molecule has 0 saturated heterocycles. The molecule has 17 heavy (non-hydrogen) atoms. The second-order valence-electron chi connectivity index (χ2n) is 3.65. The lowest BCUT2D eigenvalue weighted by molar-refractivity contribution is -0.493. The van der Waals surface area contributed by atoms with Gasteiger partial charge in [0.05, 0.1) is 0 Å². The molecular weight excluding hydrogens is 214 g/mol. The van der Waals surface area contributed by atoms with Crippen LogP contribution in [0.5, 0.6) is 0 Å². The molecule has 86 valence electrons. The van der Waals surface area contributed by atoms with Crippen molar-refractivity contribution in [1.82, 2.24) is 0 Å². The lowest BCUT2D eigenvalue weighted by Crippen LogP contribution is -2.30. The number of nitrogens with two attached hydrogens (primary N) is 3. The third kappa shape index (κ3) is 2.52. The average molecular weight is 229 g/mol. The van der Waals surface area contributed by atoms with Gasteiger partial charge in [-0.15, -0.1) is 0 Å². The molecule has 0 unspecified atom stereocenters. The molecule has 0 fully saturated rings. The Kier molecular flexibility index (Phi) is 2.91. The predicted molar refractivity (Wildman–Crippen MR) is 68.2 cm³/mol. The number of nitrogen functional groups attached to an aromatic ring is 3. The lowest BCUT2D eigenvalue weighted by Gasteiger charge is -1.97. The largest absolute Gasteiger partial charge is 0.439 e. The van der Waals surface area contributed by atoms with Crippen molar-refractivity contribution in [3.05, 3.63) is 41.6 Å². The molecule has 0 saturated carbocycles. The van der Waals surface area contributed by atoms with Crippen molar-refractivity contribution in [2.45, 2.75) is 0 Å². The Bertz CT molecular complexity index is 548. The molecule has 0 atom stereocenters. The van der Waals surface area contributed by atoms with Crippen LogP contribution >= 0.6 is 0 Å². The van der Waals surface area contributed by atoms with Gasteiger partial charge < -0.3 is 5.73 Å². The number of benzene rings is 1. The highest BCUT2D eigenvalue weighted by Gasteiger charge is 2.13. The van der Waals surface area contributed by atoms with Crippen molar-refractivity contribution in [2.75, 3.05) is 17.2 Å².